The van der Waals surface area contributed by atoms with E-state index in [0.717, 1.165) is 25.9 Å². The molecule has 0 saturated carbocycles. The predicted octanol–water partition coefficient (Wildman–Crippen LogP) is 1.11. The number of piperidine rings is 1. The van der Waals surface area contributed by atoms with Crippen LogP contribution in [0.3, 0.4) is 0 Å². The fourth-order valence-corrected chi connectivity index (χ4v) is 2.81. The Morgan fingerprint density at radius 2 is 1.65 bits per heavy atom. The summed E-state index contributed by atoms with van der Waals surface area (Å²) in [5.74, 6) is -0.248. The first kappa shape index (κ1) is 19.7. The van der Waals surface area contributed by atoms with Crippen molar-refractivity contribution in [1.29, 1.82) is 0 Å². The molecule has 0 atom stereocenters. The molecule has 4 amide bonds. The Kier molecular flexibility index (Phi) is 7.37. The summed E-state index contributed by atoms with van der Waals surface area (Å²) in [5, 5.41) is 8.14. The maximum atomic E-state index is 12.8. The highest BCUT2D eigenvalue weighted by Crippen LogP contribution is 2.16. The first-order valence-corrected chi connectivity index (χ1v) is 8.76. The summed E-state index contributed by atoms with van der Waals surface area (Å²) in [4.78, 5) is 36.7. The number of carbonyl (C=O) groups excluding carboxylic acids is 3. The molecule has 1 aliphatic rings. The van der Waals surface area contributed by atoms with Crippen molar-refractivity contribution >= 4 is 17.8 Å². The van der Waals surface area contributed by atoms with Crippen LogP contribution in [0.15, 0.2) is 24.3 Å². The van der Waals surface area contributed by atoms with Crippen LogP contribution in [0.4, 0.5) is 9.18 Å². The SMILES string of the molecule is CC(=O)N1CCC(CNC(=O)NCCNC(=O)c2ccc(F)cc2)CC1. The van der Waals surface area contributed by atoms with E-state index in [1.165, 1.54) is 24.3 Å². The zero-order chi connectivity index (χ0) is 18.9. The van der Waals surface area contributed by atoms with E-state index in [9.17, 15) is 18.8 Å². The third-order valence-electron chi connectivity index (χ3n) is 4.41. The summed E-state index contributed by atoms with van der Waals surface area (Å²) in [5.41, 5.74) is 0.368. The maximum Gasteiger partial charge on any atom is 0.314 e. The van der Waals surface area contributed by atoms with Crippen molar-refractivity contribution in [3.8, 4) is 0 Å². The molecule has 1 aliphatic heterocycles. The van der Waals surface area contributed by atoms with Crippen molar-refractivity contribution in [3.05, 3.63) is 35.6 Å². The smallest absolute Gasteiger partial charge is 0.314 e. The molecule has 0 bridgehead atoms. The second-order valence-electron chi connectivity index (χ2n) is 6.35. The molecule has 2 rings (SSSR count). The van der Waals surface area contributed by atoms with E-state index in [-0.39, 0.29) is 24.4 Å². The van der Waals surface area contributed by atoms with Gasteiger partial charge in [0.05, 0.1) is 0 Å². The second kappa shape index (κ2) is 9.74. The Morgan fingerprint density at radius 1 is 1.04 bits per heavy atom. The van der Waals surface area contributed by atoms with E-state index in [4.69, 9.17) is 0 Å². The van der Waals surface area contributed by atoms with Gasteiger partial charge in [-0.1, -0.05) is 0 Å². The Balaban J connectivity index is 1.56. The molecule has 0 radical (unpaired) electrons. The summed E-state index contributed by atoms with van der Waals surface area (Å²) in [6.45, 7) is 4.18. The Morgan fingerprint density at radius 3 is 2.27 bits per heavy atom. The van der Waals surface area contributed by atoms with Gasteiger partial charge in [-0.3, -0.25) is 9.59 Å². The first-order valence-electron chi connectivity index (χ1n) is 8.76. The molecule has 8 heteroatoms. The number of benzene rings is 1. The van der Waals surface area contributed by atoms with Gasteiger partial charge in [-0.05, 0) is 43.0 Å². The van der Waals surface area contributed by atoms with Crippen LogP contribution >= 0.6 is 0 Å². The zero-order valence-electron chi connectivity index (χ0n) is 14.9. The van der Waals surface area contributed by atoms with Crippen LogP contribution in [-0.4, -0.2) is 55.5 Å². The second-order valence-corrected chi connectivity index (χ2v) is 6.35. The fourth-order valence-electron chi connectivity index (χ4n) is 2.81. The maximum absolute atomic E-state index is 12.8. The monoisotopic (exact) mass is 364 g/mol. The lowest BCUT2D eigenvalue weighted by atomic mass is 9.97. The van der Waals surface area contributed by atoms with Crippen molar-refractivity contribution in [1.82, 2.24) is 20.9 Å². The number of nitrogens with one attached hydrogen (secondary N) is 3. The topological polar surface area (TPSA) is 90.5 Å². The van der Waals surface area contributed by atoms with Crippen LogP contribution in [0.25, 0.3) is 0 Å². The molecular formula is C18H25FN4O3. The van der Waals surface area contributed by atoms with Crippen molar-refractivity contribution in [2.24, 2.45) is 5.92 Å². The van der Waals surface area contributed by atoms with E-state index in [1.54, 1.807) is 6.92 Å². The van der Waals surface area contributed by atoms with Crippen LogP contribution in [0.1, 0.15) is 30.1 Å². The minimum atomic E-state index is -0.396. The van der Waals surface area contributed by atoms with Crippen LogP contribution in [-0.2, 0) is 4.79 Å². The summed E-state index contributed by atoms with van der Waals surface area (Å²) >= 11 is 0. The molecule has 1 aromatic rings. The Hall–Kier alpha value is -2.64. The third kappa shape index (κ3) is 6.34. The number of urea groups is 1. The van der Waals surface area contributed by atoms with E-state index in [1.807, 2.05) is 4.90 Å². The van der Waals surface area contributed by atoms with Crippen LogP contribution in [0.2, 0.25) is 0 Å². The van der Waals surface area contributed by atoms with Gasteiger partial charge in [0.1, 0.15) is 5.82 Å². The lowest BCUT2D eigenvalue weighted by molar-refractivity contribution is -0.130. The van der Waals surface area contributed by atoms with Gasteiger partial charge in [0.15, 0.2) is 0 Å². The van der Waals surface area contributed by atoms with Crippen molar-refractivity contribution in [3.63, 3.8) is 0 Å². The molecule has 7 nitrogen and oxygen atoms in total. The molecule has 0 unspecified atom stereocenters. The van der Waals surface area contributed by atoms with Crippen molar-refractivity contribution in [2.75, 3.05) is 32.7 Å². The highest BCUT2D eigenvalue weighted by atomic mass is 19.1. The lowest BCUT2D eigenvalue weighted by Crippen LogP contribution is -2.44. The van der Waals surface area contributed by atoms with Gasteiger partial charge in [-0.25, -0.2) is 9.18 Å². The number of nitrogens with zero attached hydrogens (tertiary/aromatic N) is 1. The average Bonchev–Trinajstić information content (AvgIpc) is 2.64. The first-order chi connectivity index (χ1) is 12.5. The van der Waals surface area contributed by atoms with E-state index < -0.39 is 5.82 Å². The average molecular weight is 364 g/mol. The summed E-state index contributed by atoms with van der Waals surface area (Å²) in [6, 6.07) is 4.97. The molecule has 1 saturated heterocycles. The van der Waals surface area contributed by atoms with Crippen molar-refractivity contribution < 1.29 is 18.8 Å². The summed E-state index contributed by atoms with van der Waals surface area (Å²) in [6.07, 6.45) is 1.77. The predicted molar refractivity (Wildman–Crippen MR) is 95.1 cm³/mol. The molecular weight excluding hydrogens is 339 g/mol. The van der Waals surface area contributed by atoms with Gasteiger partial charge >= 0.3 is 6.03 Å². The van der Waals surface area contributed by atoms with Gasteiger partial charge in [0.2, 0.25) is 5.91 Å². The van der Waals surface area contributed by atoms with Crippen LogP contribution in [0.5, 0.6) is 0 Å². The van der Waals surface area contributed by atoms with Gasteiger partial charge in [-0.2, -0.15) is 0 Å². The highest BCUT2D eigenvalue weighted by molar-refractivity contribution is 5.94. The Labute approximate surface area is 152 Å². The number of halogens is 1. The van der Waals surface area contributed by atoms with E-state index in [2.05, 4.69) is 16.0 Å². The number of rotatable bonds is 6. The van der Waals surface area contributed by atoms with E-state index >= 15 is 0 Å². The molecule has 3 N–H and O–H groups in total. The van der Waals surface area contributed by atoms with Gasteiger partial charge in [-0.15, -0.1) is 0 Å². The fraction of sp³-hybridized carbons (Fsp3) is 0.500. The Bertz CT molecular complexity index is 628. The van der Waals surface area contributed by atoms with Gasteiger partial charge < -0.3 is 20.9 Å². The van der Waals surface area contributed by atoms with Crippen LogP contribution < -0.4 is 16.0 Å². The lowest BCUT2D eigenvalue weighted by Gasteiger charge is -2.31. The van der Waals surface area contributed by atoms with Crippen molar-refractivity contribution in [2.45, 2.75) is 19.8 Å². The number of amides is 4. The third-order valence-corrected chi connectivity index (χ3v) is 4.41. The minimum Gasteiger partial charge on any atom is -0.350 e. The molecule has 1 aromatic carbocycles. The number of carbonyl (C=O) groups is 3. The van der Waals surface area contributed by atoms with E-state index in [0.29, 0.717) is 24.6 Å². The number of hydrogen-bond donors (Lipinski definition) is 3. The molecule has 1 heterocycles. The summed E-state index contributed by atoms with van der Waals surface area (Å²) < 4.78 is 12.8. The molecule has 1 fully saturated rings. The molecule has 26 heavy (non-hydrogen) atoms. The largest absolute Gasteiger partial charge is 0.350 e. The van der Waals surface area contributed by atoms with Gasteiger partial charge in [0.25, 0.3) is 5.91 Å². The quantitative estimate of drug-likeness (QED) is 0.661. The normalized spacial score (nSPS) is 14.6. The molecule has 142 valence electrons. The number of hydrogen-bond acceptors (Lipinski definition) is 3. The molecule has 0 aliphatic carbocycles. The summed E-state index contributed by atoms with van der Waals surface area (Å²) in [7, 11) is 0. The highest BCUT2D eigenvalue weighted by Gasteiger charge is 2.20. The minimum absolute atomic E-state index is 0.0943. The molecule has 0 spiro atoms. The zero-order valence-corrected chi connectivity index (χ0v) is 14.9. The standard InChI is InChI=1S/C18H25FN4O3/c1-13(24)23-10-6-14(7-11-23)12-22-18(26)21-9-8-20-17(25)15-2-4-16(19)5-3-15/h2-5,14H,6-12H2,1H3,(H,20,25)(H2,21,22,26). The van der Waals surface area contributed by atoms with Gasteiger partial charge in [0, 0.05) is 45.2 Å². The van der Waals surface area contributed by atoms with Crippen LogP contribution in [0, 0.1) is 11.7 Å². The number of likely N-dealkylation sites (tertiary alicyclic amines) is 1. The molecule has 0 aromatic heterocycles.